The van der Waals surface area contributed by atoms with E-state index in [1.807, 2.05) is 0 Å². The minimum atomic E-state index is -1.10. The molecule has 1 saturated heterocycles. The highest BCUT2D eigenvalue weighted by Crippen LogP contribution is 2.17. The number of nitrogens with zero attached hydrogens (tertiary/aromatic N) is 1. The average Bonchev–Trinajstić information content (AvgIpc) is 2.37. The number of likely N-dealkylation sites (tertiary alicyclic amines) is 1. The molecule has 1 rings (SSSR count). The third-order valence-corrected chi connectivity index (χ3v) is 2.92. The molecule has 0 aromatic rings. The van der Waals surface area contributed by atoms with Gasteiger partial charge in [-0.05, 0) is 12.8 Å². The number of carbonyl (C=O) groups excluding carboxylic acids is 2. The number of hydrogen-bond donors (Lipinski definition) is 2. The first-order valence-electron chi connectivity index (χ1n) is 5.83. The Morgan fingerprint density at radius 3 is 2.39 bits per heavy atom. The van der Waals surface area contributed by atoms with Crippen LogP contribution in [0.3, 0.4) is 0 Å². The normalized spacial score (nSPS) is 16.4. The number of hydrogen-bond acceptors (Lipinski definition) is 4. The smallest absolute Gasteiger partial charge is 0.329 e. The SMILES string of the molecule is CNC(=O)C1CCN(C(=O)COCC(=O)O)CC1. The number of amides is 2. The Kier molecular flexibility index (Phi) is 5.57. The van der Waals surface area contributed by atoms with Crippen LogP contribution in [0.4, 0.5) is 0 Å². The van der Waals surface area contributed by atoms with Crippen molar-refractivity contribution < 1.29 is 24.2 Å². The topological polar surface area (TPSA) is 95.9 Å². The largest absolute Gasteiger partial charge is 0.480 e. The van der Waals surface area contributed by atoms with Gasteiger partial charge in [0.15, 0.2) is 0 Å². The van der Waals surface area contributed by atoms with Crippen molar-refractivity contribution in [3.8, 4) is 0 Å². The molecule has 0 radical (unpaired) electrons. The van der Waals surface area contributed by atoms with Gasteiger partial charge in [-0.1, -0.05) is 0 Å². The second kappa shape index (κ2) is 6.95. The van der Waals surface area contributed by atoms with E-state index in [1.165, 1.54) is 0 Å². The van der Waals surface area contributed by atoms with Gasteiger partial charge in [-0.15, -0.1) is 0 Å². The zero-order valence-corrected chi connectivity index (χ0v) is 10.3. The molecule has 0 unspecified atom stereocenters. The van der Waals surface area contributed by atoms with E-state index in [9.17, 15) is 14.4 Å². The van der Waals surface area contributed by atoms with Crippen molar-refractivity contribution in [3.05, 3.63) is 0 Å². The number of carbonyl (C=O) groups is 3. The van der Waals surface area contributed by atoms with E-state index in [-0.39, 0.29) is 24.3 Å². The van der Waals surface area contributed by atoms with Crippen molar-refractivity contribution in [1.82, 2.24) is 10.2 Å². The number of ether oxygens (including phenoxy) is 1. The van der Waals surface area contributed by atoms with Crippen LogP contribution >= 0.6 is 0 Å². The van der Waals surface area contributed by atoms with Crippen molar-refractivity contribution in [3.63, 3.8) is 0 Å². The molecule has 1 aliphatic rings. The Morgan fingerprint density at radius 1 is 1.28 bits per heavy atom. The van der Waals surface area contributed by atoms with Gasteiger partial charge in [-0.2, -0.15) is 0 Å². The van der Waals surface area contributed by atoms with Crippen LogP contribution in [0.15, 0.2) is 0 Å². The summed E-state index contributed by atoms with van der Waals surface area (Å²) in [5, 5.41) is 11.0. The first kappa shape index (κ1) is 14.4. The molecule has 1 heterocycles. The molecular weight excluding hydrogens is 240 g/mol. The predicted molar refractivity (Wildman–Crippen MR) is 61.8 cm³/mol. The van der Waals surface area contributed by atoms with Gasteiger partial charge in [0.2, 0.25) is 11.8 Å². The maximum atomic E-state index is 11.6. The second-order valence-corrected chi connectivity index (χ2v) is 4.16. The van der Waals surface area contributed by atoms with Crippen LogP contribution in [0.5, 0.6) is 0 Å². The van der Waals surface area contributed by atoms with Crippen LogP contribution < -0.4 is 5.32 Å². The van der Waals surface area contributed by atoms with E-state index in [1.54, 1.807) is 11.9 Å². The highest BCUT2D eigenvalue weighted by molar-refractivity contribution is 5.80. The number of piperidine rings is 1. The molecule has 1 fully saturated rings. The zero-order chi connectivity index (χ0) is 13.5. The standard InChI is InChI=1S/C11H18N2O5/c1-12-11(17)8-2-4-13(5-3-8)9(14)6-18-7-10(15)16/h8H,2-7H2,1H3,(H,12,17)(H,15,16). The molecule has 102 valence electrons. The lowest BCUT2D eigenvalue weighted by Crippen LogP contribution is -2.43. The van der Waals surface area contributed by atoms with Crippen LogP contribution in [-0.2, 0) is 19.1 Å². The summed E-state index contributed by atoms with van der Waals surface area (Å²) in [7, 11) is 1.60. The van der Waals surface area contributed by atoms with Crippen LogP contribution in [0, 0.1) is 5.92 Å². The van der Waals surface area contributed by atoms with Gasteiger partial charge in [-0.25, -0.2) is 4.79 Å². The number of carboxylic acids is 1. The fourth-order valence-corrected chi connectivity index (χ4v) is 1.91. The van der Waals surface area contributed by atoms with E-state index in [0.717, 1.165) is 0 Å². The summed E-state index contributed by atoms with van der Waals surface area (Å²) in [5.41, 5.74) is 0. The summed E-state index contributed by atoms with van der Waals surface area (Å²) in [6.45, 7) is 0.318. The lowest BCUT2D eigenvalue weighted by molar-refractivity contribution is -0.147. The van der Waals surface area contributed by atoms with Crippen molar-refractivity contribution in [2.75, 3.05) is 33.4 Å². The van der Waals surface area contributed by atoms with E-state index in [4.69, 9.17) is 9.84 Å². The van der Waals surface area contributed by atoms with Crippen molar-refractivity contribution in [2.45, 2.75) is 12.8 Å². The monoisotopic (exact) mass is 258 g/mol. The van der Waals surface area contributed by atoms with Gasteiger partial charge >= 0.3 is 5.97 Å². The molecule has 0 aromatic carbocycles. The third kappa shape index (κ3) is 4.33. The lowest BCUT2D eigenvalue weighted by Gasteiger charge is -2.31. The fourth-order valence-electron chi connectivity index (χ4n) is 1.91. The summed E-state index contributed by atoms with van der Waals surface area (Å²) >= 11 is 0. The molecule has 1 aliphatic heterocycles. The number of nitrogens with one attached hydrogen (secondary N) is 1. The van der Waals surface area contributed by atoms with Crippen LogP contribution in [0.25, 0.3) is 0 Å². The molecular formula is C11H18N2O5. The molecule has 0 aliphatic carbocycles. The number of rotatable bonds is 5. The Balaban J connectivity index is 2.27. The summed E-state index contributed by atoms with van der Waals surface area (Å²) in [4.78, 5) is 34.8. The number of aliphatic carboxylic acids is 1. The Labute approximate surface area is 105 Å². The summed E-state index contributed by atoms with van der Waals surface area (Å²) in [6, 6.07) is 0. The minimum absolute atomic E-state index is 0.00391. The molecule has 7 heteroatoms. The Morgan fingerprint density at radius 2 is 1.89 bits per heavy atom. The van der Waals surface area contributed by atoms with Crippen LogP contribution in [0.1, 0.15) is 12.8 Å². The number of carboxylic acid groups (broad SMARTS) is 1. The molecule has 0 bridgehead atoms. The molecule has 2 N–H and O–H groups in total. The van der Waals surface area contributed by atoms with Gasteiger partial charge in [-0.3, -0.25) is 9.59 Å². The van der Waals surface area contributed by atoms with Crippen molar-refractivity contribution in [2.24, 2.45) is 5.92 Å². The maximum absolute atomic E-state index is 11.6. The molecule has 18 heavy (non-hydrogen) atoms. The van der Waals surface area contributed by atoms with Crippen LogP contribution in [-0.4, -0.2) is 61.1 Å². The zero-order valence-electron chi connectivity index (χ0n) is 10.3. The quantitative estimate of drug-likeness (QED) is 0.664. The molecule has 7 nitrogen and oxygen atoms in total. The Hall–Kier alpha value is -1.63. The van der Waals surface area contributed by atoms with Gasteiger partial charge in [0.05, 0.1) is 0 Å². The lowest BCUT2D eigenvalue weighted by atomic mass is 9.96. The van der Waals surface area contributed by atoms with Gasteiger partial charge in [0.25, 0.3) is 0 Å². The van der Waals surface area contributed by atoms with Crippen molar-refractivity contribution in [1.29, 1.82) is 0 Å². The summed E-state index contributed by atoms with van der Waals surface area (Å²) in [5.74, 6) is -1.36. The van der Waals surface area contributed by atoms with Gasteiger partial charge < -0.3 is 20.1 Å². The van der Waals surface area contributed by atoms with Crippen LogP contribution in [0.2, 0.25) is 0 Å². The molecule has 0 atom stereocenters. The first-order chi connectivity index (χ1) is 8.54. The highest BCUT2D eigenvalue weighted by Gasteiger charge is 2.26. The average molecular weight is 258 g/mol. The molecule has 0 spiro atoms. The third-order valence-electron chi connectivity index (χ3n) is 2.92. The first-order valence-corrected chi connectivity index (χ1v) is 5.83. The molecule has 2 amide bonds. The maximum Gasteiger partial charge on any atom is 0.329 e. The molecule has 0 aromatic heterocycles. The van der Waals surface area contributed by atoms with Gasteiger partial charge in [0.1, 0.15) is 13.2 Å². The van der Waals surface area contributed by atoms with E-state index >= 15 is 0 Å². The summed E-state index contributed by atoms with van der Waals surface area (Å²) in [6.07, 6.45) is 1.26. The second-order valence-electron chi connectivity index (χ2n) is 4.16. The van der Waals surface area contributed by atoms with Gasteiger partial charge in [0, 0.05) is 26.1 Å². The minimum Gasteiger partial charge on any atom is -0.480 e. The van der Waals surface area contributed by atoms with Crippen molar-refractivity contribution >= 4 is 17.8 Å². The Bertz CT molecular complexity index is 323. The van der Waals surface area contributed by atoms with E-state index in [0.29, 0.717) is 25.9 Å². The summed E-state index contributed by atoms with van der Waals surface area (Å²) < 4.78 is 4.74. The highest BCUT2D eigenvalue weighted by atomic mass is 16.5. The van der Waals surface area contributed by atoms with E-state index in [2.05, 4.69) is 5.32 Å². The van der Waals surface area contributed by atoms with E-state index < -0.39 is 12.6 Å². The molecule has 0 saturated carbocycles. The fraction of sp³-hybridized carbons (Fsp3) is 0.727. The predicted octanol–water partition coefficient (Wildman–Crippen LogP) is -0.928.